The zero-order valence-electron chi connectivity index (χ0n) is 35.1. The number of alkyl carbamates (subject to hydrolysis) is 1. The van der Waals surface area contributed by atoms with Crippen LogP contribution in [0.4, 0.5) is 9.59 Å². The molecule has 2 aromatic carbocycles. The number of carbonyl (C=O) groups excluding carboxylic acids is 7. The van der Waals surface area contributed by atoms with Crippen molar-refractivity contribution in [1.29, 1.82) is 0 Å². The minimum absolute atomic E-state index is 0.114. The average Bonchev–Trinajstić information content (AvgIpc) is 3.79. The van der Waals surface area contributed by atoms with E-state index in [1.165, 1.54) is 16.9 Å². The Morgan fingerprint density at radius 3 is 2.20 bits per heavy atom. The monoisotopic (exact) mass is 817 g/mol. The summed E-state index contributed by atoms with van der Waals surface area (Å²) in [4.78, 5) is 95.3. The molecule has 3 aliphatic heterocycles. The summed E-state index contributed by atoms with van der Waals surface area (Å²) >= 11 is 0. The van der Waals surface area contributed by atoms with Crippen LogP contribution >= 0.6 is 0 Å². The Labute approximate surface area is 344 Å². The van der Waals surface area contributed by atoms with Crippen LogP contribution in [0, 0.1) is 5.92 Å². The van der Waals surface area contributed by atoms with Crippen LogP contribution in [0.15, 0.2) is 30.3 Å². The Morgan fingerprint density at radius 2 is 1.54 bits per heavy atom. The number of nitrogens with zero attached hydrogens (tertiary/aromatic N) is 2. The van der Waals surface area contributed by atoms with Crippen LogP contribution in [0.25, 0.3) is 11.1 Å². The largest absolute Gasteiger partial charge is 0.488 e. The molecule has 2 aromatic rings. The first-order valence-electron chi connectivity index (χ1n) is 20.5. The van der Waals surface area contributed by atoms with E-state index in [4.69, 9.17) is 23.7 Å². The molecule has 0 spiro atoms. The second kappa shape index (κ2) is 17.4. The Hall–Kier alpha value is -5.47. The molecule has 15 nitrogen and oxygen atoms in total. The molecule has 3 amide bonds. The van der Waals surface area contributed by atoms with E-state index in [1.807, 2.05) is 33.8 Å². The van der Waals surface area contributed by atoms with E-state index in [0.29, 0.717) is 55.4 Å². The van der Waals surface area contributed by atoms with Crippen LogP contribution in [0.3, 0.4) is 0 Å². The summed E-state index contributed by atoms with van der Waals surface area (Å²) in [6, 6.07) is 5.57. The highest BCUT2D eigenvalue weighted by Gasteiger charge is 2.45. The quantitative estimate of drug-likeness (QED) is 0.169. The molecule has 7 atom stereocenters. The molecule has 3 unspecified atom stereocenters. The first-order chi connectivity index (χ1) is 27.9. The molecule has 15 heteroatoms. The van der Waals surface area contributed by atoms with Gasteiger partial charge in [-0.15, -0.1) is 0 Å². The topological polar surface area (TPSA) is 184 Å². The minimum Gasteiger partial charge on any atom is -0.488 e. The van der Waals surface area contributed by atoms with Gasteiger partial charge in [-0.25, -0.2) is 19.2 Å². The van der Waals surface area contributed by atoms with Crippen LogP contribution in [-0.2, 0) is 46.4 Å². The summed E-state index contributed by atoms with van der Waals surface area (Å²) in [6.45, 7) is 12.3. The predicted octanol–water partition coefficient (Wildman–Crippen LogP) is 5.95. The number of methoxy groups -OCH3 is 1. The Bertz CT molecular complexity index is 2020. The third-order valence-electron chi connectivity index (χ3n) is 11.8. The number of hydrogen-bond donors (Lipinski definition) is 1. The van der Waals surface area contributed by atoms with Crippen LogP contribution in [0.5, 0.6) is 5.75 Å². The van der Waals surface area contributed by atoms with Gasteiger partial charge in [0.25, 0.3) is 0 Å². The molecule has 1 aliphatic carbocycles. The molecule has 2 fully saturated rings. The molecule has 0 radical (unpaired) electrons. The Morgan fingerprint density at radius 1 is 0.864 bits per heavy atom. The van der Waals surface area contributed by atoms with Crippen LogP contribution < -0.4 is 10.1 Å². The number of benzene rings is 2. The maximum atomic E-state index is 13.7. The van der Waals surface area contributed by atoms with Crippen LogP contribution in [0.1, 0.15) is 119 Å². The van der Waals surface area contributed by atoms with Crippen molar-refractivity contribution in [3.63, 3.8) is 0 Å². The van der Waals surface area contributed by atoms with Crippen molar-refractivity contribution < 1.29 is 57.2 Å². The zero-order chi connectivity index (χ0) is 42.9. The third-order valence-corrected chi connectivity index (χ3v) is 11.8. The number of aryl methyl sites for hydroxylation is 1. The zero-order valence-corrected chi connectivity index (χ0v) is 35.1. The lowest BCUT2D eigenvalue weighted by Crippen LogP contribution is -2.56. The van der Waals surface area contributed by atoms with E-state index in [9.17, 15) is 33.6 Å². The highest BCUT2D eigenvalue weighted by Crippen LogP contribution is 2.42. The number of rotatable bonds is 10. The lowest BCUT2D eigenvalue weighted by molar-refractivity contribution is -0.154. The molecule has 1 N–H and O–H groups in total. The van der Waals surface area contributed by atoms with Crippen molar-refractivity contribution in [2.24, 2.45) is 5.92 Å². The second-order valence-corrected chi connectivity index (χ2v) is 17.0. The summed E-state index contributed by atoms with van der Waals surface area (Å²) < 4.78 is 27.6. The third kappa shape index (κ3) is 9.08. The maximum absolute atomic E-state index is 13.7. The predicted molar refractivity (Wildman–Crippen MR) is 213 cm³/mol. The van der Waals surface area contributed by atoms with Crippen molar-refractivity contribution in [2.45, 2.75) is 142 Å². The van der Waals surface area contributed by atoms with Gasteiger partial charge in [0.1, 0.15) is 36.1 Å². The van der Waals surface area contributed by atoms with Crippen molar-refractivity contribution >= 4 is 41.6 Å². The van der Waals surface area contributed by atoms with Crippen molar-refractivity contribution in [2.75, 3.05) is 13.7 Å². The van der Waals surface area contributed by atoms with Gasteiger partial charge in [0, 0.05) is 28.8 Å². The number of Topliss-reactive ketones (excluding diaryl/α,β-unsaturated/α-hetero) is 2. The summed E-state index contributed by atoms with van der Waals surface area (Å²) in [7, 11) is 1.22. The fourth-order valence-electron chi connectivity index (χ4n) is 8.39. The minimum atomic E-state index is -1.01. The van der Waals surface area contributed by atoms with Gasteiger partial charge in [0.2, 0.25) is 11.7 Å². The smallest absolute Gasteiger partial charge is 0.411 e. The van der Waals surface area contributed by atoms with Crippen molar-refractivity contribution in [3.8, 4) is 16.9 Å². The normalized spacial score (nSPS) is 23.1. The first-order valence-corrected chi connectivity index (χ1v) is 20.5. The van der Waals surface area contributed by atoms with Crippen LogP contribution in [0.2, 0.25) is 0 Å². The molecular formula is C44H55N3O12. The number of likely N-dealkylation sites (tertiary alicyclic amines) is 2. The van der Waals surface area contributed by atoms with E-state index >= 15 is 0 Å². The van der Waals surface area contributed by atoms with E-state index in [-0.39, 0.29) is 36.8 Å². The Kier molecular flexibility index (Phi) is 12.7. The summed E-state index contributed by atoms with van der Waals surface area (Å²) in [6.07, 6.45) is 0.931. The molecule has 318 valence electrons. The number of hydrogen-bond acceptors (Lipinski definition) is 12. The van der Waals surface area contributed by atoms with Gasteiger partial charge in [-0.3, -0.25) is 19.3 Å². The summed E-state index contributed by atoms with van der Waals surface area (Å²) in [5, 5.41) is 2.61. The van der Waals surface area contributed by atoms with Crippen molar-refractivity contribution in [1.82, 2.24) is 15.1 Å². The van der Waals surface area contributed by atoms with Gasteiger partial charge in [-0.2, -0.15) is 0 Å². The number of esters is 2. The first kappa shape index (κ1) is 43.1. The van der Waals surface area contributed by atoms with Gasteiger partial charge in [0.15, 0.2) is 18.5 Å². The molecule has 4 aliphatic rings. The lowest BCUT2D eigenvalue weighted by Gasteiger charge is -2.33. The van der Waals surface area contributed by atoms with Crippen molar-refractivity contribution in [3.05, 3.63) is 52.6 Å². The van der Waals surface area contributed by atoms with Gasteiger partial charge in [0.05, 0.1) is 7.11 Å². The van der Waals surface area contributed by atoms with Crippen LogP contribution in [-0.4, -0.2) is 107 Å². The number of nitrogens with one attached hydrogen (secondary N) is 1. The molecule has 0 bridgehead atoms. The molecule has 59 heavy (non-hydrogen) atoms. The highest BCUT2D eigenvalue weighted by molar-refractivity contribution is 6.04. The molecule has 6 rings (SSSR count). The highest BCUT2D eigenvalue weighted by atomic mass is 16.6. The summed E-state index contributed by atoms with van der Waals surface area (Å²) in [5.41, 5.74) is 3.08. The summed E-state index contributed by atoms with van der Waals surface area (Å²) in [5.74, 6) is -2.25. The molecule has 3 heterocycles. The standard InChI is InChI=1S/C44H55N3O12/c1-9-23(2)37(45-42(53)55-8)39(50)46-24(3)10-15-32(46)40(51)57-22-34(48)27-12-14-29-28(18-27)21-56-36-20-30-26(19-31(29)36)13-17-35(38(30)49)58-41(52)33-16-11-25(4)47(33)43(54)59-44(5,6)7/h12,14,18-20,23-25,32-33,35,37H,9-11,13,15-17,21-22H2,1-8H3,(H,45,53)/t23?,24-,25-,32-,33-,35?,37?/m0/s1. The van der Waals surface area contributed by atoms with Gasteiger partial charge in [-0.05, 0) is 114 Å². The number of fused-ring (bicyclic) bond motifs is 4. The number of amides is 3. The maximum Gasteiger partial charge on any atom is 0.411 e. The van der Waals surface area contributed by atoms with Gasteiger partial charge < -0.3 is 33.9 Å². The second-order valence-electron chi connectivity index (χ2n) is 17.0. The molecule has 2 saturated heterocycles. The molecule has 0 aromatic heterocycles. The van der Waals surface area contributed by atoms with E-state index in [2.05, 4.69) is 5.32 Å². The number of ketones is 2. The lowest BCUT2D eigenvalue weighted by atomic mass is 9.84. The van der Waals surface area contributed by atoms with E-state index in [1.54, 1.807) is 45.0 Å². The Balaban J connectivity index is 1.09. The fourth-order valence-corrected chi connectivity index (χ4v) is 8.39. The average molecular weight is 818 g/mol. The fraction of sp³-hybridized carbons (Fsp3) is 0.568. The molecular weight excluding hydrogens is 762 g/mol. The van der Waals surface area contributed by atoms with E-state index in [0.717, 1.165) is 22.3 Å². The van der Waals surface area contributed by atoms with Gasteiger partial charge >= 0.3 is 24.1 Å². The number of carbonyl (C=O) groups is 7. The number of ether oxygens (including phenoxy) is 5. The van der Waals surface area contributed by atoms with E-state index < -0.39 is 72.3 Å². The molecule has 0 saturated carbocycles. The van der Waals surface area contributed by atoms with Gasteiger partial charge in [-0.1, -0.05) is 32.4 Å². The SMILES string of the molecule is CCC(C)C(NC(=O)OC)C(=O)N1[C@@H](C)CC[C@H]1C(=O)OCC(=O)c1ccc2c(c1)COc1cc3c(cc1-2)CCC(OC(=O)[C@@H]1CC[C@H](C)N1C(=O)OC(C)(C)C)C3=O.